The van der Waals surface area contributed by atoms with E-state index in [1.807, 2.05) is 0 Å². The third kappa shape index (κ3) is 3.14. The smallest absolute Gasteiger partial charge is 0.327 e. The molecule has 0 unspecified atom stereocenters. The molecule has 1 aromatic carbocycles. The first kappa shape index (κ1) is 15.7. The molecule has 124 valence electrons. The highest BCUT2D eigenvalue weighted by Crippen LogP contribution is 2.31. The number of aromatic nitrogens is 3. The number of alkyl halides is 3. The number of fused-ring (bicyclic) bond motifs is 1. The number of amides is 1. The molecule has 1 aromatic heterocycles. The average molecular weight is 327 g/mol. The van der Waals surface area contributed by atoms with Crippen LogP contribution in [0.15, 0.2) is 24.3 Å². The van der Waals surface area contributed by atoms with Gasteiger partial charge in [0.15, 0.2) is 0 Å². The number of likely N-dealkylation sites (tertiary alicyclic amines) is 1. The van der Waals surface area contributed by atoms with Gasteiger partial charge in [0, 0.05) is 12.6 Å². The van der Waals surface area contributed by atoms with Gasteiger partial charge in [-0.2, -0.15) is 13.2 Å². The van der Waals surface area contributed by atoms with Gasteiger partial charge in [0.1, 0.15) is 18.1 Å². The molecular weight excluding hydrogens is 311 g/mol. The van der Waals surface area contributed by atoms with Crippen LogP contribution in [0.2, 0.25) is 0 Å². The van der Waals surface area contributed by atoms with E-state index >= 15 is 0 Å². The van der Waals surface area contributed by atoms with Crippen LogP contribution < -0.4 is 5.73 Å². The van der Waals surface area contributed by atoms with Crippen molar-refractivity contribution in [2.75, 3.05) is 6.54 Å². The van der Waals surface area contributed by atoms with Crippen molar-refractivity contribution in [3.8, 4) is 0 Å². The number of carbonyl (C=O) groups excluding carboxylic acids is 1. The first-order valence-electron chi connectivity index (χ1n) is 7.26. The molecule has 23 heavy (non-hydrogen) atoms. The molecule has 1 fully saturated rings. The summed E-state index contributed by atoms with van der Waals surface area (Å²) in [4.78, 5) is 13.2. The van der Waals surface area contributed by atoms with Gasteiger partial charge in [-0.3, -0.25) is 4.79 Å². The van der Waals surface area contributed by atoms with E-state index in [1.165, 1.54) is 4.68 Å². The minimum absolute atomic E-state index is 0.102. The van der Waals surface area contributed by atoms with E-state index in [9.17, 15) is 18.0 Å². The number of halogens is 3. The molecule has 3 rings (SSSR count). The summed E-state index contributed by atoms with van der Waals surface area (Å²) in [6, 6.07) is 4.73. The molecule has 2 heterocycles. The number of para-hydroxylation sites is 1. The highest BCUT2D eigenvalue weighted by Gasteiger charge is 2.47. The first-order valence-corrected chi connectivity index (χ1v) is 7.26. The van der Waals surface area contributed by atoms with Crippen molar-refractivity contribution in [1.29, 1.82) is 0 Å². The zero-order valence-corrected chi connectivity index (χ0v) is 12.2. The molecule has 9 heteroatoms. The van der Waals surface area contributed by atoms with Gasteiger partial charge < -0.3 is 10.6 Å². The maximum Gasteiger partial charge on any atom is 0.408 e. The zero-order valence-electron chi connectivity index (χ0n) is 12.2. The fourth-order valence-electron chi connectivity index (χ4n) is 2.87. The van der Waals surface area contributed by atoms with Crippen molar-refractivity contribution in [2.24, 2.45) is 5.73 Å². The van der Waals surface area contributed by atoms with Crippen molar-refractivity contribution in [2.45, 2.75) is 37.6 Å². The number of nitrogens with two attached hydrogens (primary N) is 1. The van der Waals surface area contributed by atoms with Crippen LogP contribution in [0, 0.1) is 0 Å². The molecule has 1 aliphatic heterocycles. The highest BCUT2D eigenvalue weighted by molar-refractivity contribution is 5.80. The third-order valence-electron chi connectivity index (χ3n) is 4.02. The van der Waals surface area contributed by atoms with Crippen molar-refractivity contribution >= 4 is 16.9 Å². The van der Waals surface area contributed by atoms with Crippen LogP contribution in [-0.4, -0.2) is 50.6 Å². The summed E-state index contributed by atoms with van der Waals surface area (Å²) in [5.41, 5.74) is 6.92. The Morgan fingerprint density at radius 3 is 2.78 bits per heavy atom. The normalized spacial score (nSPS) is 22.5. The van der Waals surface area contributed by atoms with E-state index < -0.39 is 24.2 Å². The summed E-state index contributed by atoms with van der Waals surface area (Å²) in [5, 5.41) is 7.74. The Kier molecular flexibility index (Phi) is 3.97. The quantitative estimate of drug-likeness (QED) is 0.902. The lowest BCUT2D eigenvalue weighted by molar-refractivity contribution is -0.197. The van der Waals surface area contributed by atoms with E-state index in [0.717, 1.165) is 4.90 Å². The Bertz CT molecular complexity index is 714. The standard InChI is InChI=1S/C14H16F3N5O/c15-14(16,17)12-6-5-9(18)7-21(12)13(23)8-22-11-4-2-1-3-10(11)19-20-22/h1-4,9,12H,5-8,18H2/t9-,12+/m0/s1. The van der Waals surface area contributed by atoms with Crippen LogP contribution in [0.25, 0.3) is 11.0 Å². The number of carbonyl (C=O) groups is 1. The zero-order chi connectivity index (χ0) is 16.6. The number of benzene rings is 1. The van der Waals surface area contributed by atoms with Crippen LogP contribution >= 0.6 is 0 Å². The van der Waals surface area contributed by atoms with Crippen LogP contribution in [-0.2, 0) is 11.3 Å². The molecule has 2 aromatic rings. The van der Waals surface area contributed by atoms with E-state index in [2.05, 4.69) is 10.3 Å². The molecule has 2 atom stereocenters. The average Bonchev–Trinajstić information content (AvgIpc) is 2.89. The monoisotopic (exact) mass is 327 g/mol. The second kappa shape index (κ2) is 5.80. The molecule has 0 aliphatic carbocycles. The Balaban J connectivity index is 1.83. The number of hydrogen-bond donors (Lipinski definition) is 1. The van der Waals surface area contributed by atoms with Gasteiger partial charge in [-0.05, 0) is 25.0 Å². The Hall–Kier alpha value is -2.16. The third-order valence-corrected chi connectivity index (χ3v) is 4.02. The van der Waals surface area contributed by atoms with Gasteiger partial charge in [0.05, 0.1) is 5.52 Å². The molecule has 0 bridgehead atoms. The molecule has 0 saturated carbocycles. The van der Waals surface area contributed by atoms with Crippen molar-refractivity contribution in [3.05, 3.63) is 24.3 Å². The molecule has 0 spiro atoms. The minimum atomic E-state index is -4.46. The largest absolute Gasteiger partial charge is 0.408 e. The fourth-order valence-corrected chi connectivity index (χ4v) is 2.87. The molecular formula is C14H16F3N5O. The number of nitrogens with zero attached hydrogens (tertiary/aromatic N) is 4. The molecule has 1 saturated heterocycles. The summed E-state index contributed by atoms with van der Waals surface area (Å²) in [6.07, 6.45) is -4.38. The lowest BCUT2D eigenvalue weighted by Crippen LogP contribution is -2.57. The van der Waals surface area contributed by atoms with E-state index in [-0.39, 0.29) is 25.9 Å². The maximum atomic E-state index is 13.1. The maximum absolute atomic E-state index is 13.1. The van der Waals surface area contributed by atoms with Gasteiger partial charge in [0.2, 0.25) is 5.91 Å². The molecule has 2 N–H and O–H groups in total. The van der Waals surface area contributed by atoms with Gasteiger partial charge >= 0.3 is 6.18 Å². The van der Waals surface area contributed by atoms with E-state index in [0.29, 0.717) is 11.0 Å². The van der Waals surface area contributed by atoms with Crippen molar-refractivity contribution in [1.82, 2.24) is 19.9 Å². The van der Waals surface area contributed by atoms with Gasteiger partial charge in [-0.1, -0.05) is 17.3 Å². The Morgan fingerprint density at radius 1 is 1.30 bits per heavy atom. The second-order valence-electron chi connectivity index (χ2n) is 5.68. The van der Waals surface area contributed by atoms with Crippen LogP contribution in [0.3, 0.4) is 0 Å². The summed E-state index contributed by atoms with van der Waals surface area (Å²) in [5.74, 6) is -0.655. The SMILES string of the molecule is N[C@H]1CC[C@H](C(F)(F)F)N(C(=O)Cn2nnc3ccccc32)C1. The molecule has 1 amide bonds. The van der Waals surface area contributed by atoms with E-state index in [4.69, 9.17) is 5.73 Å². The Morgan fingerprint density at radius 2 is 2.04 bits per heavy atom. The lowest BCUT2D eigenvalue weighted by Gasteiger charge is -2.39. The minimum Gasteiger partial charge on any atom is -0.327 e. The Labute approximate surface area is 130 Å². The second-order valence-corrected chi connectivity index (χ2v) is 5.68. The van der Waals surface area contributed by atoms with Crippen molar-refractivity contribution < 1.29 is 18.0 Å². The number of hydrogen-bond acceptors (Lipinski definition) is 4. The fraction of sp³-hybridized carbons (Fsp3) is 0.500. The first-order chi connectivity index (χ1) is 10.9. The van der Waals surface area contributed by atoms with Gasteiger partial charge in [0.25, 0.3) is 0 Å². The predicted octanol–water partition coefficient (Wildman–Crippen LogP) is 1.31. The molecule has 1 aliphatic rings. The summed E-state index contributed by atoms with van der Waals surface area (Å²) in [6.45, 7) is -0.393. The van der Waals surface area contributed by atoms with Crippen LogP contribution in [0.5, 0.6) is 0 Å². The molecule has 6 nitrogen and oxygen atoms in total. The lowest BCUT2D eigenvalue weighted by atomic mass is 9.98. The summed E-state index contributed by atoms with van der Waals surface area (Å²) < 4.78 is 40.7. The van der Waals surface area contributed by atoms with Crippen LogP contribution in [0.1, 0.15) is 12.8 Å². The molecule has 0 radical (unpaired) electrons. The topological polar surface area (TPSA) is 77.0 Å². The van der Waals surface area contributed by atoms with E-state index in [1.54, 1.807) is 24.3 Å². The van der Waals surface area contributed by atoms with Crippen LogP contribution in [0.4, 0.5) is 13.2 Å². The van der Waals surface area contributed by atoms with Crippen molar-refractivity contribution in [3.63, 3.8) is 0 Å². The number of rotatable bonds is 2. The highest BCUT2D eigenvalue weighted by atomic mass is 19.4. The van der Waals surface area contributed by atoms with Gasteiger partial charge in [-0.15, -0.1) is 5.10 Å². The summed E-state index contributed by atoms with van der Waals surface area (Å²) >= 11 is 0. The summed E-state index contributed by atoms with van der Waals surface area (Å²) in [7, 11) is 0. The van der Waals surface area contributed by atoms with Gasteiger partial charge in [-0.25, -0.2) is 4.68 Å². The predicted molar refractivity (Wildman–Crippen MR) is 76.3 cm³/mol. The number of piperidine rings is 1.